The van der Waals surface area contributed by atoms with E-state index >= 15 is 0 Å². The van der Waals surface area contributed by atoms with Crippen LogP contribution in [0.2, 0.25) is 0 Å². The molecule has 6 heteroatoms. The molecule has 0 aromatic heterocycles. The first-order chi connectivity index (χ1) is 8.25. The van der Waals surface area contributed by atoms with Crippen molar-refractivity contribution in [3.8, 4) is 6.07 Å². The van der Waals surface area contributed by atoms with E-state index in [-0.39, 0.29) is 11.6 Å². The number of hydrogen-bond donors (Lipinski definition) is 1. The number of rotatable bonds is 3. The number of alkyl halides is 3. The average Bonchev–Trinajstić information content (AvgIpc) is 2.25. The molecular formula is C12H12F4N2. The van der Waals surface area contributed by atoms with Gasteiger partial charge in [-0.05, 0) is 24.1 Å². The number of nitriles is 1. The van der Waals surface area contributed by atoms with Crippen LogP contribution in [0.5, 0.6) is 0 Å². The van der Waals surface area contributed by atoms with Gasteiger partial charge in [0.1, 0.15) is 11.9 Å². The van der Waals surface area contributed by atoms with Gasteiger partial charge in [-0.2, -0.15) is 18.4 Å². The molecule has 1 aromatic rings. The van der Waals surface area contributed by atoms with Crippen LogP contribution in [0.25, 0.3) is 0 Å². The molecule has 0 heterocycles. The van der Waals surface area contributed by atoms with Crippen molar-refractivity contribution in [2.75, 3.05) is 5.32 Å². The Bertz CT molecular complexity index is 460. The lowest BCUT2D eigenvalue weighted by Gasteiger charge is -2.17. The Kier molecular flexibility index (Phi) is 4.17. The van der Waals surface area contributed by atoms with E-state index in [9.17, 15) is 17.6 Å². The first kappa shape index (κ1) is 14.3. The molecule has 1 atom stereocenters. The second-order valence-corrected chi connectivity index (χ2v) is 4.19. The van der Waals surface area contributed by atoms with Crippen LogP contribution in [0.1, 0.15) is 19.4 Å². The van der Waals surface area contributed by atoms with Crippen LogP contribution in [-0.2, 0) is 6.18 Å². The quantitative estimate of drug-likeness (QED) is 0.839. The Labute approximate surface area is 102 Å². The number of halogens is 4. The first-order valence-corrected chi connectivity index (χ1v) is 5.28. The highest BCUT2D eigenvalue weighted by Gasteiger charge is 2.31. The fourth-order valence-corrected chi connectivity index (χ4v) is 1.32. The SMILES string of the molecule is CC(C)C(C#N)Nc1ccc(C(F)(F)F)cc1F. The third-order valence-electron chi connectivity index (χ3n) is 2.41. The van der Waals surface area contributed by atoms with Crippen molar-refractivity contribution in [2.24, 2.45) is 5.92 Å². The van der Waals surface area contributed by atoms with Gasteiger partial charge in [-0.25, -0.2) is 4.39 Å². The minimum absolute atomic E-state index is 0.0864. The van der Waals surface area contributed by atoms with Gasteiger partial charge in [-0.3, -0.25) is 0 Å². The summed E-state index contributed by atoms with van der Waals surface area (Å²) in [5, 5.41) is 11.4. The minimum Gasteiger partial charge on any atom is -0.367 e. The first-order valence-electron chi connectivity index (χ1n) is 5.28. The maximum Gasteiger partial charge on any atom is 0.416 e. The lowest BCUT2D eigenvalue weighted by atomic mass is 10.1. The molecule has 0 radical (unpaired) electrons. The van der Waals surface area contributed by atoms with Crippen LogP contribution in [-0.4, -0.2) is 6.04 Å². The van der Waals surface area contributed by atoms with E-state index in [1.54, 1.807) is 13.8 Å². The maximum absolute atomic E-state index is 13.5. The average molecular weight is 260 g/mol. The molecule has 0 aliphatic carbocycles. The van der Waals surface area contributed by atoms with Crippen molar-refractivity contribution in [3.63, 3.8) is 0 Å². The molecule has 0 aliphatic rings. The number of anilines is 1. The summed E-state index contributed by atoms with van der Waals surface area (Å²) < 4.78 is 50.4. The van der Waals surface area contributed by atoms with Crippen molar-refractivity contribution in [1.82, 2.24) is 0 Å². The zero-order valence-corrected chi connectivity index (χ0v) is 9.85. The molecule has 0 aliphatic heterocycles. The summed E-state index contributed by atoms with van der Waals surface area (Å²) in [4.78, 5) is 0. The number of benzene rings is 1. The number of hydrogen-bond acceptors (Lipinski definition) is 2. The molecule has 1 aromatic carbocycles. The summed E-state index contributed by atoms with van der Waals surface area (Å²) in [7, 11) is 0. The molecule has 0 fully saturated rings. The summed E-state index contributed by atoms with van der Waals surface area (Å²) >= 11 is 0. The highest BCUT2D eigenvalue weighted by atomic mass is 19.4. The minimum atomic E-state index is -4.58. The molecule has 1 rings (SSSR count). The van der Waals surface area contributed by atoms with Crippen LogP contribution in [0.15, 0.2) is 18.2 Å². The fraction of sp³-hybridized carbons (Fsp3) is 0.417. The Morgan fingerprint density at radius 3 is 2.28 bits per heavy atom. The van der Waals surface area contributed by atoms with E-state index in [2.05, 4.69) is 5.32 Å². The Morgan fingerprint density at radius 1 is 1.28 bits per heavy atom. The van der Waals surface area contributed by atoms with Crippen LogP contribution in [0.3, 0.4) is 0 Å². The molecule has 2 nitrogen and oxygen atoms in total. The molecule has 0 saturated carbocycles. The summed E-state index contributed by atoms with van der Waals surface area (Å²) in [5.74, 6) is -1.11. The topological polar surface area (TPSA) is 35.8 Å². The molecule has 0 saturated heterocycles. The van der Waals surface area contributed by atoms with E-state index in [4.69, 9.17) is 5.26 Å². The van der Waals surface area contributed by atoms with E-state index in [0.717, 1.165) is 12.1 Å². The highest BCUT2D eigenvalue weighted by Crippen LogP contribution is 2.31. The predicted molar refractivity (Wildman–Crippen MR) is 59.3 cm³/mol. The van der Waals surface area contributed by atoms with Gasteiger partial charge in [0.2, 0.25) is 0 Å². The molecule has 98 valence electrons. The molecule has 0 bridgehead atoms. The van der Waals surface area contributed by atoms with Crippen LogP contribution in [0, 0.1) is 23.1 Å². The Hall–Kier alpha value is -1.77. The van der Waals surface area contributed by atoms with Crippen LogP contribution in [0.4, 0.5) is 23.2 Å². The van der Waals surface area contributed by atoms with Crippen molar-refractivity contribution in [2.45, 2.75) is 26.1 Å². The lowest BCUT2D eigenvalue weighted by Crippen LogP contribution is -2.24. The van der Waals surface area contributed by atoms with E-state index in [0.29, 0.717) is 6.07 Å². The zero-order valence-electron chi connectivity index (χ0n) is 9.85. The monoisotopic (exact) mass is 260 g/mol. The van der Waals surface area contributed by atoms with Gasteiger partial charge in [0.25, 0.3) is 0 Å². The van der Waals surface area contributed by atoms with Crippen molar-refractivity contribution in [1.29, 1.82) is 5.26 Å². The summed E-state index contributed by atoms with van der Waals surface area (Å²) in [5.41, 5.74) is -1.16. The standard InChI is InChI=1S/C12H12F4N2/c1-7(2)11(6-17)18-10-4-3-8(5-9(10)13)12(14,15)16/h3-5,7,11,18H,1-2H3. The van der Waals surface area contributed by atoms with Gasteiger partial charge < -0.3 is 5.32 Å². The van der Waals surface area contributed by atoms with Gasteiger partial charge in [0.15, 0.2) is 0 Å². The van der Waals surface area contributed by atoms with Crippen molar-refractivity contribution < 1.29 is 17.6 Å². The van der Waals surface area contributed by atoms with E-state index in [1.165, 1.54) is 0 Å². The van der Waals surface area contributed by atoms with Gasteiger partial charge in [-0.1, -0.05) is 13.8 Å². The fourth-order valence-electron chi connectivity index (χ4n) is 1.32. The Morgan fingerprint density at radius 2 is 1.89 bits per heavy atom. The lowest BCUT2D eigenvalue weighted by molar-refractivity contribution is -0.137. The van der Waals surface area contributed by atoms with Crippen LogP contribution >= 0.6 is 0 Å². The molecule has 0 amide bonds. The van der Waals surface area contributed by atoms with E-state index < -0.39 is 23.6 Å². The molecule has 18 heavy (non-hydrogen) atoms. The van der Waals surface area contributed by atoms with E-state index in [1.807, 2.05) is 6.07 Å². The normalized spacial score (nSPS) is 13.2. The van der Waals surface area contributed by atoms with Gasteiger partial charge >= 0.3 is 6.18 Å². The van der Waals surface area contributed by atoms with Crippen LogP contribution < -0.4 is 5.32 Å². The summed E-state index contributed by atoms with van der Waals surface area (Å²) in [6.07, 6.45) is -4.58. The second-order valence-electron chi connectivity index (χ2n) is 4.19. The molecular weight excluding hydrogens is 248 g/mol. The molecule has 1 unspecified atom stereocenters. The molecule has 1 N–H and O–H groups in total. The van der Waals surface area contributed by atoms with Gasteiger partial charge in [-0.15, -0.1) is 0 Å². The summed E-state index contributed by atoms with van der Waals surface area (Å²) in [6.45, 7) is 3.51. The molecule has 0 spiro atoms. The summed E-state index contributed by atoms with van der Waals surface area (Å²) in [6, 6.07) is 3.45. The Balaban J connectivity index is 2.97. The zero-order chi connectivity index (χ0) is 13.9. The number of nitrogens with one attached hydrogen (secondary N) is 1. The second kappa shape index (κ2) is 5.25. The third-order valence-corrected chi connectivity index (χ3v) is 2.41. The van der Waals surface area contributed by atoms with Gasteiger partial charge in [0.05, 0.1) is 17.3 Å². The number of nitrogens with zero attached hydrogens (tertiary/aromatic N) is 1. The third kappa shape index (κ3) is 3.36. The van der Waals surface area contributed by atoms with Gasteiger partial charge in [0, 0.05) is 0 Å². The largest absolute Gasteiger partial charge is 0.416 e. The van der Waals surface area contributed by atoms with Crippen molar-refractivity contribution in [3.05, 3.63) is 29.6 Å². The maximum atomic E-state index is 13.5. The van der Waals surface area contributed by atoms with Crippen molar-refractivity contribution >= 4 is 5.69 Å². The smallest absolute Gasteiger partial charge is 0.367 e. The predicted octanol–water partition coefficient (Wildman–Crippen LogP) is 3.80. The highest BCUT2D eigenvalue weighted by molar-refractivity contribution is 5.48.